The fraction of sp³-hybridized carbons (Fsp3) is 0.385. The topological polar surface area (TPSA) is 99.6 Å². The predicted octanol–water partition coefficient (Wildman–Crippen LogP) is 0.307. The van der Waals surface area contributed by atoms with Gasteiger partial charge in [-0.2, -0.15) is 5.10 Å². The molecule has 4 rings (SSSR count). The Morgan fingerprint density at radius 3 is 3.18 bits per heavy atom. The maximum atomic E-state index is 5.86. The van der Waals surface area contributed by atoms with Gasteiger partial charge in [0.05, 0.1) is 23.9 Å². The molecule has 2 saturated heterocycles. The molecule has 3 atom stereocenters. The molecule has 2 aromatic rings. The SMILES string of the molecule is NC(=S)NN=C1C[C@@H](n2nnc3ccccc32)[C@@H]2CO[C@H]1O2. The Labute approximate surface area is 131 Å². The van der Waals surface area contributed by atoms with Gasteiger partial charge in [-0.1, -0.05) is 17.3 Å². The zero-order valence-electron chi connectivity index (χ0n) is 11.5. The third-order valence-electron chi connectivity index (χ3n) is 3.83. The largest absolute Gasteiger partial charge is 0.375 e. The Bertz CT molecular complexity index is 760. The first kappa shape index (κ1) is 13.6. The number of nitrogens with two attached hydrogens (primary N) is 1. The molecule has 0 aliphatic carbocycles. The summed E-state index contributed by atoms with van der Waals surface area (Å²) < 4.78 is 13.4. The minimum absolute atomic E-state index is 0.0296. The quantitative estimate of drug-likeness (QED) is 0.607. The number of nitrogens with one attached hydrogen (secondary N) is 1. The summed E-state index contributed by atoms with van der Waals surface area (Å²) in [5.74, 6) is 0. The third kappa shape index (κ3) is 2.23. The normalized spacial score (nSPS) is 29.1. The van der Waals surface area contributed by atoms with Crippen LogP contribution in [0.1, 0.15) is 12.5 Å². The van der Waals surface area contributed by atoms with Crippen molar-refractivity contribution in [3.05, 3.63) is 24.3 Å². The number of ether oxygens (including phenoxy) is 2. The van der Waals surface area contributed by atoms with Crippen molar-refractivity contribution < 1.29 is 9.47 Å². The van der Waals surface area contributed by atoms with Gasteiger partial charge in [-0.25, -0.2) is 4.68 Å². The van der Waals surface area contributed by atoms with Gasteiger partial charge in [-0.05, 0) is 24.4 Å². The Morgan fingerprint density at radius 1 is 1.45 bits per heavy atom. The molecule has 0 unspecified atom stereocenters. The summed E-state index contributed by atoms with van der Waals surface area (Å²) in [6.07, 6.45) is 0.120. The number of hydrazone groups is 1. The highest BCUT2D eigenvalue weighted by Gasteiger charge is 2.43. The number of para-hydroxylation sites is 1. The lowest BCUT2D eigenvalue weighted by Crippen LogP contribution is -2.39. The fourth-order valence-corrected chi connectivity index (χ4v) is 2.88. The van der Waals surface area contributed by atoms with Crippen LogP contribution >= 0.6 is 12.2 Å². The molecule has 1 aromatic carbocycles. The second-order valence-corrected chi connectivity index (χ2v) is 5.65. The summed E-state index contributed by atoms with van der Waals surface area (Å²) >= 11 is 4.77. The van der Waals surface area contributed by atoms with E-state index in [1.165, 1.54) is 0 Å². The Hall–Kier alpha value is -2.10. The average molecular weight is 318 g/mol. The Kier molecular flexibility index (Phi) is 3.25. The van der Waals surface area contributed by atoms with E-state index in [-0.39, 0.29) is 17.3 Å². The van der Waals surface area contributed by atoms with Crippen LogP contribution in [-0.4, -0.2) is 44.8 Å². The smallest absolute Gasteiger partial charge is 0.199 e. The molecule has 3 N–H and O–H groups in total. The molecular formula is C13H14N6O2S. The number of fused-ring (bicyclic) bond motifs is 3. The highest BCUT2D eigenvalue weighted by atomic mass is 32.1. The number of nitrogens with zero attached hydrogens (tertiary/aromatic N) is 4. The van der Waals surface area contributed by atoms with E-state index in [4.69, 9.17) is 27.4 Å². The van der Waals surface area contributed by atoms with Crippen molar-refractivity contribution in [1.29, 1.82) is 0 Å². The van der Waals surface area contributed by atoms with Crippen molar-refractivity contribution in [1.82, 2.24) is 20.4 Å². The maximum absolute atomic E-state index is 5.86. The molecule has 2 fully saturated rings. The van der Waals surface area contributed by atoms with Gasteiger partial charge >= 0.3 is 0 Å². The minimum atomic E-state index is -0.446. The molecule has 2 aliphatic rings. The predicted molar refractivity (Wildman–Crippen MR) is 83.2 cm³/mol. The first-order valence-corrected chi connectivity index (χ1v) is 7.32. The van der Waals surface area contributed by atoms with Crippen LogP contribution in [-0.2, 0) is 9.47 Å². The van der Waals surface area contributed by atoms with Crippen molar-refractivity contribution in [2.24, 2.45) is 10.8 Å². The van der Waals surface area contributed by atoms with E-state index in [1.54, 1.807) is 0 Å². The molecule has 22 heavy (non-hydrogen) atoms. The molecule has 2 bridgehead atoms. The van der Waals surface area contributed by atoms with Crippen molar-refractivity contribution in [3.8, 4) is 0 Å². The van der Waals surface area contributed by atoms with E-state index in [2.05, 4.69) is 20.8 Å². The number of hydrogen-bond donors (Lipinski definition) is 2. The second-order valence-electron chi connectivity index (χ2n) is 5.21. The molecule has 114 valence electrons. The van der Waals surface area contributed by atoms with Gasteiger partial charge in [0.15, 0.2) is 11.4 Å². The number of hydrogen-bond acceptors (Lipinski definition) is 6. The van der Waals surface area contributed by atoms with Gasteiger partial charge in [0.2, 0.25) is 0 Å². The molecule has 2 aliphatic heterocycles. The number of aromatic nitrogens is 3. The lowest BCUT2D eigenvalue weighted by Gasteiger charge is -2.28. The summed E-state index contributed by atoms with van der Waals surface area (Å²) in [6.45, 7) is 0.496. The summed E-state index contributed by atoms with van der Waals surface area (Å²) in [5.41, 5.74) is 10.5. The minimum Gasteiger partial charge on any atom is -0.375 e. The monoisotopic (exact) mass is 318 g/mol. The number of thiocarbonyl (C=S) groups is 1. The zero-order chi connectivity index (χ0) is 15.1. The molecule has 0 radical (unpaired) electrons. The lowest BCUT2D eigenvalue weighted by atomic mass is 10.0. The second kappa shape index (κ2) is 5.27. The molecular weight excluding hydrogens is 304 g/mol. The van der Waals surface area contributed by atoms with E-state index in [1.807, 2.05) is 28.9 Å². The molecule has 0 saturated carbocycles. The Balaban J connectivity index is 1.69. The van der Waals surface area contributed by atoms with E-state index >= 15 is 0 Å². The summed E-state index contributed by atoms with van der Waals surface area (Å²) in [4.78, 5) is 0. The summed E-state index contributed by atoms with van der Waals surface area (Å²) in [5, 5.41) is 12.8. The molecule has 1 aromatic heterocycles. The highest BCUT2D eigenvalue weighted by Crippen LogP contribution is 2.34. The molecule has 8 nitrogen and oxygen atoms in total. The standard InChI is InChI=1S/C13H14N6O2S/c14-13(22)17-15-8-5-10(11-6-20-12(8)21-11)19-9-4-2-1-3-7(9)16-18-19/h1-4,10-12H,5-6H2,(H3,14,17,22)/t10-,11+,12+/m1/s1. The molecule has 3 heterocycles. The van der Waals surface area contributed by atoms with Crippen LogP contribution in [0.3, 0.4) is 0 Å². The third-order valence-corrected chi connectivity index (χ3v) is 3.92. The van der Waals surface area contributed by atoms with Crippen LogP contribution in [0.25, 0.3) is 11.0 Å². The number of rotatable bonds is 2. The highest BCUT2D eigenvalue weighted by molar-refractivity contribution is 7.80. The van der Waals surface area contributed by atoms with Crippen molar-refractivity contribution in [3.63, 3.8) is 0 Å². The van der Waals surface area contributed by atoms with Crippen LogP contribution in [0.15, 0.2) is 29.4 Å². The van der Waals surface area contributed by atoms with E-state index in [0.29, 0.717) is 18.7 Å². The van der Waals surface area contributed by atoms with Gasteiger partial charge in [-0.3, -0.25) is 5.43 Å². The van der Waals surface area contributed by atoms with Crippen LogP contribution in [0, 0.1) is 0 Å². The average Bonchev–Trinajstić information content (AvgIpc) is 3.12. The van der Waals surface area contributed by atoms with Gasteiger partial charge in [0, 0.05) is 6.42 Å². The fourth-order valence-electron chi connectivity index (χ4n) is 2.84. The van der Waals surface area contributed by atoms with Crippen LogP contribution in [0.5, 0.6) is 0 Å². The zero-order valence-corrected chi connectivity index (χ0v) is 12.4. The number of benzene rings is 1. The van der Waals surface area contributed by atoms with Gasteiger partial charge in [0.25, 0.3) is 0 Å². The van der Waals surface area contributed by atoms with Crippen molar-refractivity contribution in [2.75, 3.05) is 6.61 Å². The van der Waals surface area contributed by atoms with Crippen molar-refractivity contribution in [2.45, 2.75) is 24.9 Å². The van der Waals surface area contributed by atoms with Gasteiger partial charge < -0.3 is 15.2 Å². The van der Waals surface area contributed by atoms with Crippen LogP contribution < -0.4 is 11.2 Å². The van der Waals surface area contributed by atoms with Crippen LogP contribution in [0.4, 0.5) is 0 Å². The Morgan fingerprint density at radius 2 is 2.32 bits per heavy atom. The van der Waals surface area contributed by atoms with Crippen LogP contribution in [0.2, 0.25) is 0 Å². The van der Waals surface area contributed by atoms with Gasteiger partial charge in [-0.15, -0.1) is 5.10 Å². The molecule has 0 spiro atoms. The first-order valence-electron chi connectivity index (χ1n) is 6.91. The first-order chi connectivity index (χ1) is 10.7. The van der Waals surface area contributed by atoms with E-state index < -0.39 is 6.29 Å². The van der Waals surface area contributed by atoms with E-state index in [0.717, 1.165) is 11.0 Å². The summed E-state index contributed by atoms with van der Waals surface area (Å²) in [7, 11) is 0. The van der Waals surface area contributed by atoms with Crippen molar-refractivity contribution >= 4 is 34.1 Å². The van der Waals surface area contributed by atoms with E-state index in [9.17, 15) is 0 Å². The molecule has 0 amide bonds. The van der Waals surface area contributed by atoms with Gasteiger partial charge in [0.1, 0.15) is 11.6 Å². The molecule has 9 heteroatoms. The summed E-state index contributed by atoms with van der Waals surface area (Å²) in [6, 6.07) is 7.79. The maximum Gasteiger partial charge on any atom is 0.199 e. The lowest BCUT2D eigenvalue weighted by molar-refractivity contribution is -0.0317.